The lowest BCUT2D eigenvalue weighted by Gasteiger charge is -2.26. The lowest BCUT2D eigenvalue weighted by atomic mass is 9.93. The zero-order chi connectivity index (χ0) is 21.8. The normalized spacial score (nSPS) is 18.1. The van der Waals surface area contributed by atoms with Gasteiger partial charge in [0.1, 0.15) is 11.5 Å². The van der Waals surface area contributed by atoms with Crippen LogP contribution in [0.25, 0.3) is 5.76 Å². The van der Waals surface area contributed by atoms with Crippen LogP contribution >= 0.6 is 0 Å². The molecular weight excluding hydrogens is 382 g/mol. The highest BCUT2D eigenvalue weighted by molar-refractivity contribution is 6.46. The number of carbonyl (C=O) groups is 2. The van der Waals surface area contributed by atoms with Crippen molar-refractivity contribution in [1.82, 2.24) is 4.90 Å². The monoisotopic (exact) mass is 409 g/mol. The van der Waals surface area contributed by atoms with Crippen LogP contribution in [0, 0.1) is 13.8 Å². The smallest absolute Gasteiger partial charge is 0.295 e. The van der Waals surface area contributed by atoms with Crippen molar-refractivity contribution in [3.8, 4) is 5.75 Å². The fraction of sp³-hybridized carbons (Fsp3) is 0.333. The van der Waals surface area contributed by atoms with Crippen LogP contribution in [-0.4, -0.2) is 49.1 Å². The van der Waals surface area contributed by atoms with E-state index in [2.05, 4.69) is 0 Å². The SMILES string of the molecule is COCCCN1C(=O)C(=O)/C(=C(/O)c2cc(C)ccc2C)C1c1ccccc1OC. The van der Waals surface area contributed by atoms with E-state index in [1.807, 2.05) is 50.2 Å². The summed E-state index contributed by atoms with van der Waals surface area (Å²) in [5.74, 6) is -0.941. The molecule has 3 rings (SSSR count). The van der Waals surface area contributed by atoms with E-state index in [0.29, 0.717) is 36.4 Å². The van der Waals surface area contributed by atoms with Crippen molar-refractivity contribution in [3.63, 3.8) is 0 Å². The number of rotatable bonds is 7. The molecule has 1 N–H and O–H groups in total. The molecule has 1 atom stereocenters. The van der Waals surface area contributed by atoms with Gasteiger partial charge in [0.2, 0.25) is 0 Å². The van der Waals surface area contributed by atoms with Gasteiger partial charge in [0.15, 0.2) is 0 Å². The van der Waals surface area contributed by atoms with E-state index in [9.17, 15) is 14.7 Å². The fourth-order valence-corrected chi connectivity index (χ4v) is 3.84. The fourth-order valence-electron chi connectivity index (χ4n) is 3.84. The molecule has 0 aliphatic carbocycles. The van der Waals surface area contributed by atoms with E-state index in [4.69, 9.17) is 9.47 Å². The largest absolute Gasteiger partial charge is 0.507 e. The molecule has 1 unspecified atom stereocenters. The van der Waals surface area contributed by atoms with Gasteiger partial charge < -0.3 is 19.5 Å². The minimum Gasteiger partial charge on any atom is -0.507 e. The molecule has 1 saturated heterocycles. The molecule has 2 aromatic rings. The highest BCUT2D eigenvalue weighted by atomic mass is 16.5. The second kappa shape index (κ2) is 9.13. The van der Waals surface area contributed by atoms with Gasteiger partial charge in [-0.1, -0.05) is 35.9 Å². The number of nitrogens with zero attached hydrogens (tertiary/aromatic N) is 1. The molecule has 1 aliphatic rings. The first-order chi connectivity index (χ1) is 14.4. The quantitative estimate of drug-likeness (QED) is 0.326. The molecule has 1 heterocycles. The van der Waals surface area contributed by atoms with Crippen LogP contribution in [0.5, 0.6) is 5.75 Å². The number of benzene rings is 2. The molecule has 6 nitrogen and oxygen atoms in total. The van der Waals surface area contributed by atoms with Gasteiger partial charge in [0.25, 0.3) is 11.7 Å². The van der Waals surface area contributed by atoms with Gasteiger partial charge in [0, 0.05) is 31.4 Å². The molecule has 158 valence electrons. The third-order valence-corrected chi connectivity index (χ3v) is 5.37. The summed E-state index contributed by atoms with van der Waals surface area (Å²) >= 11 is 0. The summed E-state index contributed by atoms with van der Waals surface area (Å²) < 4.78 is 10.6. The second-order valence-corrected chi connectivity index (χ2v) is 7.40. The molecule has 1 fully saturated rings. The highest BCUT2D eigenvalue weighted by Crippen LogP contribution is 2.43. The Morgan fingerprint density at radius 1 is 1.10 bits per heavy atom. The highest BCUT2D eigenvalue weighted by Gasteiger charge is 2.46. The number of hydrogen-bond acceptors (Lipinski definition) is 5. The molecule has 0 aromatic heterocycles. The molecule has 6 heteroatoms. The summed E-state index contributed by atoms with van der Waals surface area (Å²) in [4.78, 5) is 27.5. The zero-order valence-corrected chi connectivity index (χ0v) is 17.8. The number of ketones is 1. The maximum atomic E-state index is 13.1. The number of hydrogen-bond donors (Lipinski definition) is 1. The number of ether oxygens (including phenoxy) is 2. The zero-order valence-electron chi connectivity index (χ0n) is 17.8. The molecule has 30 heavy (non-hydrogen) atoms. The van der Waals surface area contributed by atoms with Crippen molar-refractivity contribution >= 4 is 17.4 Å². The van der Waals surface area contributed by atoms with E-state index in [1.54, 1.807) is 20.3 Å². The summed E-state index contributed by atoms with van der Waals surface area (Å²) in [7, 11) is 3.13. The molecule has 0 saturated carbocycles. The van der Waals surface area contributed by atoms with Gasteiger partial charge >= 0.3 is 0 Å². The number of methoxy groups -OCH3 is 2. The molecule has 0 bridgehead atoms. The number of amides is 1. The predicted octanol–water partition coefficient (Wildman–Crippen LogP) is 3.77. The standard InChI is InChI=1S/C24H27NO5/c1-15-10-11-16(2)18(14-15)22(26)20-21(17-8-5-6-9-19(17)30-4)25(12-7-13-29-3)24(28)23(20)27/h5-6,8-11,14,21,26H,7,12-13H2,1-4H3/b22-20+. The van der Waals surface area contributed by atoms with E-state index in [0.717, 1.165) is 11.1 Å². The molecule has 1 amide bonds. The van der Waals surface area contributed by atoms with E-state index in [-0.39, 0.29) is 11.3 Å². The molecule has 0 radical (unpaired) electrons. The Morgan fingerprint density at radius 3 is 2.53 bits per heavy atom. The van der Waals surface area contributed by atoms with Crippen molar-refractivity contribution in [2.45, 2.75) is 26.3 Å². The van der Waals surface area contributed by atoms with Gasteiger partial charge in [-0.3, -0.25) is 9.59 Å². The van der Waals surface area contributed by atoms with Crippen LogP contribution < -0.4 is 4.74 Å². The van der Waals surface area contributed by atoms with Crippen LogP contribution in [0.3, 0.4) is 0 Å². The Bertz CT molecular complexity index is 995. The van der Waals surface area contributed by atoms with E-state index < -0.39 is 17.7 Å². The summed E-state index contributed by atoms with van der Waals surface area (Å²) in [5.41, 5.74) is 3.05. The summed E-state index contributed by atoms with van der Waals surface area (Å²) in [5, 5.41) is 11.2. The first kappa shape index (κ1) is 21.6. The van der Waals surface area contributed by atoms with Crippen LogP contribution in [0.15, 0.2) is 48.0 Å². The van der Waals surface area contributed by atoms with E-state index >= 15 is 0 Å². The molecule has 0 spiro atoms. The van der Waals surface area contributed by atoms with Gasteiger partial charge in [0.05, 0.1) is 18.7 Å². The Kier molecular flexibility index (Phi) is 6.57. The van der Waals surface area contributed by atoms with Gasteiger partial charge in [-0.25, -0.2) is 0 Å². The first-order valence-corrected chi connectivity index (χ1v) is 9.88. The van der Waals surface area contributed by atoms with Crippen molar-refractivity contribution in [1.29, 1.82) is 0 Å². The Morgan fingerprint density at radius 2 is 1.83 bits per heavy atom. The minimum atomic E-state index is -0.738. The number of carbonyl (C=O) groups excluding carboxylic acids is 2. The first-order valence-electron chi connectivity index (χ1n) is 9.88. The average molecular weight is 409 g/mol. The average Bonchev–Trinajstić information content (AvgIpc) is 3.00. The lowest BCUT2D eigenvalue weighted by Crippen LogP contribution is -2.31. The Labute approximate surface area is 176 Å². The maximum absolute atomic E-state index is 13.1. The molecular formula is C24H27NO5. The van der Waals surface area contributed by atoms with Crippen molar-refractivity contribution < 1.29 is 24.2 Å². The Hall–Kier alpha value is -3.12. The number of aliphatic hydroxyl groups is 1. The van der Waals surface area contributed by atoms with Gasteiger partial charge in [-0.2, -0.15) is 0 Å². The second-order valence-electron chi connectivity index (χ2n) is 7.40. The summed E-state index contributed by atoms with van der Waals surface area (Å²) in [6.07, 6.45) is 0.568. The van der Waals surface area contributed by atoms with Gasteiger partial charge in [-0.05, 0) is 38.0 Å². The Balaban J connectivity index is 2.21. The van der Waals surface area contributed by atoms with Crippen LogP contribution in [0.2, 0.25) is 0 Å². The van der Waals surface area contributed by atoms with Crippen molar-refractivity contribution in [2.24, 2.45) is 0 Å². The van der Waals surface area contributed by atoms with E-state index in [1.165, 1.54) is 4.90 Å². The van der Waals surface area contributed by atoms with Crippen molar-refractivity contribution in [3.05, 3.63) is 70.3 Å². The number of likely N-dealkylation sites (tertiary alicyclic amines) is 1. The van der Waals surface area contributed by atoms with Crippen LogP contribution in [0.1, 0.15) is 34.7 Å². The number of Topliss-reactive ketones (excluding diaryl/α,β-unsaturated/α-hetero) is 1. The van der Waals surface area contributed by atoms with Crippen molar-refractivity contribution in [2.75, 3.05) is 27.4 Å². The summed E-state index contributed by atoms with van der Waals surface area (Å²) in [6.45, 7) is 4.56. The number of para-hydroxylation sites is 1. The maximum Gasteiger partial charge on any atom is 0.295 e. The van der Waals surface area contributed by atoms with Crippen LogP contribution in [-0.2, 0) is 14.3 Å². The number of aliphatic hydroxyl groups excluding tert-OH is 1. The molecule has 2 aromatic carbocycles. The van der Waals surface area contributed by atoms with Crippen LogP contribution in [0.4, 0.5) is 0 Å². The minimum absolute atomic E-state index is 0.0793. The topological polar surface area (TPSA) is 76.1 Å². The van der Waals surface area contributed by atoms with Gasteiger partial charge in [-0.15, -0.1) is 0 Å². The summed E-state index contributed by atoms with van der Waals surface area (Å²) in [6, 6.07) is 12.2. The lowest BCUT2D eigenvalue weighted by molar-refractivity contribution is -0.140. The number of aryl methyl sites for hydroxylation is 2. The predicted molar refractivity (Wildman–Crippen MR) is 114 cm³/mol. The third-order valence-electron chi connectivity index (χ3n) is 5.37. The molecule has 1 aliphatic heterocycles. The third kappa shape index (κ3) is 3.96.